The molecule has 248 valence electrons. The van der Waals surface area contributed by atoms with Crippen molar-refractivity contribution >= 4 is 28.9 Å². The third-order valence-corrected chi connectivity index (χ3v) is 9.72. The van der Waals surface area contributed by atoms with Crippen molar-refractivity contribution in [1.82, 2.24) is 9.78 Å². The lowest BCUT2D eigenvalue weighted by atomic mass is 9.71. The first-order valence-electron chi connectivity index (χ1n) is 17.1. The van der Waals surface area contributed by atoms with Gasteiger partial charge in [0, 0.05) is 29.5 Å². The standard InChI is InChI=1S/C44H40N4O2/c1-28-15-20-32(21-16-28)36(26-39(49)33-11-7-5-8-12-33)40-41(34-13-9-6-10-14-34)47-43-37(44(50)46-38-24-19-30(3)25-31(38)4)27-45-48(43)42(40)35-22-17-29(2)18-23-35/h5-25,27,36,40,42H,26H2,1-4H3,(H,46,50)/t36-,40-,42-/m0/s1. The molecule has 1 N–H and O–H groups in total. The van der Waals surface area contributed by atoms with Crippen molar-refractivity contribution in [3.63, 3.8) is 0 Å². The molecule has 50 heavy (non-hydrogen) atoms. The van der Waals surface area contributed by atoms with Crippen LogP contribution in [0.25, 0.3) is 0 Å². The van der Waals surface area contributed by atoms with Crippen LogP contribution in [0.2, 0.25) is 0 Å². The molecule has 0 fully saturated rings. The van der Waals surface area contributed by atoms with E-state index in [-0.39, 0.29) is 36.0 Å². The first kappa shape index (κ1) is 32.7. The molecular formula is C44H40N4O2. The second kappa shape index (κ2) is 13.9. The van der Waals surface area contributed by atoms with Gasteiger partial charge in [0.25, 0.3) is 5.91 Å². The number of hydrogen-bond donors (Lipinski definition) is 1. The molecule has 0 saturated heterocycles. The molecule has 1 aromatic heterocycles. The number of nitrogens with zero attached hydrogens (tertiary/aromatic N) is 3. The largest absolute Gasteiger partial charge is 0.322 e. The fourth-order valence-corrected chi connectivity index (χ4v) is 7.06. The van der Waals surface area contributed by atoms with Gasteiger partial charge in [-0.3, -0.25) is 9.59 Å². The minimum Gasteiger partial charge on any atom is -0.322 e. The summed E-state index contributed by atoms with van der Waals surface area (Å²) in [5.74, 6) is -0.294. The highest BCUT2D eigenvalue weighted by atomic mass is 16.1. The van der Waals surface area contributed by atoms with Gasteiger partial charge in [-0.1, -0.05) is 138 Å². The molecule has 6 nitrogen and oxygen atoms in total. The lowest BCUT2D eigenvalue weighted by molar-refractivity contribution is 0.0964. The fraction of sp³-hybridized carbons (Fsp3) is 0.182. The molecule has 2 heterocycles. The molecule has 3 atom stereocenters. The molecule has 1 aliphatic heterocycles. The van der Waals surface area contributed by atoms with Crippen molar-refractivity contribution < 1.29 is 9.59 Å². The van der Waals surface area contributed by atoms with Gasteiger partial charge < -0.3 is 5.32 Å². The van der Waals surface area contributed by atoms with Crippen LogP contribution in [-0.2, 0) is 0 Å². The van der Waals surface area contributed by atoms with Crippen LogP contribution in [0.15, 0.2) is 139 Å². The van der Waals surface area contributed by atoms with Crippen LogP contribution < -0.4 is 5.32 Å². The number of Topliss-reactive ketones (excluding diaryl/α,β-unsaturated/α-hetero) is 1. The maximum atomic E-state index is 14.1. The quantitative estimate of drug-likeness (QED) is 0.157. The average Bonchev–Trinajstić information content (AvgIpc) is 3.56. The Balaban J connectivity index is 1.43. The van der Waals surface area contributed by atoms with Crippen LogP contribution in [0.4, 0.5) is 11.5 Å². The third kappa shape index (κ3) is 6.57. The zero-order valence-corrected chi connectivity index (χ0v) is 28.8. The first-order valence-corrected chi connectivity index (χ1v) is 17.1. The smallest absolute Gasteiger partial charge is 0.261 e. The molecule has 0 spiro atoms. The topological polar surface area (TPSA) is 76.3 Å². The second-order valence-electron chi connectivity index (χ2n) is 13.4. The highest BCUT2D eigenvalue weighted by Crippen LogP contribution is 2.47. The van der Waals surface area contributed by atoms with E-state index in [9.17, 15) is 9.59 Å². The number of benzene rings is 5. The Morgan fingerprint density at radius 1 is 0.740 bits per heavy atom. The van der Waals surface area contributed by atoms with Gasteiger partial charge in [-0.2, -0.15) is 5.10 Å². The number of aliphatic imine (C=N–C) groups is 1. The maximum absolute atomic E-state index is 14.1. The van der Waals surface area contributed by atoms with Crippen LogP contribution in [-0.4, -0.2) is 27.2 Å². The van der Waals surface area contributed by atoms with E-state index in [2.05, 4.69) is 85.9 Å². The maximum Gasteiger partial charge on any atom is 0.261 e. The summed E-state index contributed by atoms with van der Waals surface area (Å²) < 4.78 is 1.90. The number of aromatic nitrogens is 2. The molecule has 0 aliphatic carbocycles. The monoisotopic (exact) mass is 656 g/mol. The van der Waals surface area contributed by atoms with Crippen molar-refractivity contribution in [1.29, 1.82) is 0 Å². The normalized spacial score (nSPS) is 15.9. The summed E-state index contributed by atoms with van der Waals surface area (Å²) in [6.45, 7) is 8.16. The minimum atomic E-state index is -0.365. The molecule has 6 heteroatoms. The lowest BCUT2D eigenvalue weighted by Gasteiger charge is -2.39. The molecule has 0 bridgehead atoms. The lowest BCUT2D eigenvalue weighted by Crippen LogP contribution is -2.37. The summed E-state index contributed by atoms with van der Waals surface area (Å²) >= 11 is 0. The van der Waals surface area contributed by atoms with E-state index in [1.807, 2.05) is 79.2 Å². The second-order valence-corrected chi connectivity index (χ2v) is 13.4. The predicted octanol–water partition coefficient (Wildman–Crippen LogP) is 9.77. The van der Waals surface area contributed by atoms with Crippen LogP contribution in [0.3, 0.4) is 0 Å². The van der Waals surface area contributed by atoms with Crippen LogP contribution in [0.5, 0.6) is 0 Å². The number of anilines is 1. The Kier molecular flexibility index (Phi) is 9.09. The van der Waals surface area contributed by atoms with Gasteiger partial charge in [-0.15, -0.1) is 0 Å². The number of hydrogen-bond acceptors (Lipinski definition) is 4. The molecule has 0 radical (unpaired) electrons. The van der Waals surface area contributed by atoms with E-state index in [0.717, 1.165) is 50.3 Å². The fourth-order valence-electron chi connectivity index (χ4n) is 7.06. The van der Waals surface area contributed by atoms with E-state index in [0.29, 0.717) is 16.9 Å². The van der Waals surface area contributed by atoms with Gasteiger partial charge in [0.15, 0.2) is 11.6 Å². The summed E-state index contributed by atoms with van der Waals surface area (Å²) in [4.78, 5) is 33.5. The molecule has 5 aromatic carbocycles. The van der Waals surface area contributed by atoms with Gasteiger partial charge in [-0.25, -0.2) is 9.67 Å². The van der Waals surface area contributed by atoms with E-state index >= 15 is 0 Å². The number of ketones is 1. The van der Waals surface area contributed by atoms with Gasteiger partial charge in [0.2, 0.25) is 0 Å². The van der Waals surface area contributed by atoms with Crippen LogP contribution in [0.1, 0.15) is 78.0 Å². The summed E-state index contributed by atoms with van der Waals surface area (Å²) in [7, 11) is 0. The van der Waals surface area contributed by atoms with Crippen molar-refractivity contribution in [2.24, 2.45) is 10.9 Å². The Morgan fingerprint density at radius 3 is 2.02 bits per heavy atom. The highest BCUT2D eigenvalue weighted by Gasteiger charge is 2.43. The Hall–Kier alpha value is -5.88. The number of amides is 1. The molecule has 1 aliphatic rings. The van der Waals surface area contributed by atoms with E-state index in [1.165, 1.54) is 0 Å². The van der Waals surface area contributed by atoms with Gasteiger partial charge in [0.05, 0.1) is 18.0 Å². The number of carbonyl (C=O) groups excluding carboxylic acids is 2. The first-order chi connectivity index (χ1) is 24.3. The van der Waals surface area contributed by atoms with E-state index in [1.54, 1.807) is 6.20 Å². The minimum absolute atomic E-state index is 0.0611. The summed E-state index contributed by atoms with van der Waals surface area (Å²) in [5, 5.41) is 8.02. The van der Waals surface area contributed by atoms with Crippen molar-refractivity contribution in [2.45, 2.75) is 46.1 Å². The number of aryl methyl sites for hydroxylation is 4. The summed E-state index contributed by atoms with van der Waals surface area (Å²) in [6.07, 6.45) is 1.89. The van der Waals surface area contributed by atoms with Gasteiger partial charge >= 0.3 is 0 Å². The SMILES string of the molecule is Cc1ccc([C@H](CC(=O)c2ccccc2)[C@H]2C(c3ccccc3)=Nc3c(C(=O)Nc4ccc(C)cc4C)cnn3[C@H]2c2ccc(C)cc2)cc1. The number of nitrogens with one attached hydrogen (secondary N) is 1. The average molecular weight is 657 g/mol. The van der Waals surface area contributed by atoms with E-state index in [4.69, 9.17) is 10.1 Å². The van der Waals surface area contributed by atoms with Crippen LogP contribution in [0, 0.1) is 33.6 Å². The molecule has 6 aromatic rings. The predicted molar refractivity (Wildman–Crippen MR) is 201 cm³/mol. The third-order valence-electron chi connectivity index (χ3n) is 9.72. The molecule has 7 rings (SSSR count). The molecule has 0 saturated carbocycles. The zero-order valence-electron chi connectivity index (χ0n) is 28.8. The van der Waals surface area contributed by atoms with Crippen LogP contribution >= 0.6 is 0 Å². The number of rotatable bonds is 9. The molecule has 0 unspecified atom stereocenters. The zero-order chi connectivity index (χ0) is 34.8. The summed E-state index contributed by atoms with van der Waals surface area (Å²) in [5.41, 5.74) is 10.0. The Morgan fingerprint density at radius 2 is 1.36 bits per heavy atom. The molecular weight excluding hydrogens is 617 g/mol. The highest BCUT2D eigenvalue weighted by molar-refractivity contribution is 6.11. The van der Waals surface area contributed by atoms with Crippen molar-refractivity contribution in [2.75, 3.05) is 5.32 Å². The number of fused-ring (bicyclic) bond motifs is 1. The van der Waals surface area contributed by atoms with Crippen molar-refractivity contribution in [3.05, 3.63) is 184 Å². The van der Waals surface area contributed by atoms with Gasteiger partial charge in [0.1, 0.15) is 5.56 Å². The Labute approximate surface area is 293 Å². The summed E-state index contributed by atoms with van der Waals surface area (Å²) in [6, 6.07) is 42.2. The van der Waals surface area contributed by atoms with Gasteiger partial charge in [-0.05, 0) is 56.0 Å². The molecule has 1 amide bonds. The van der Waals surface area contributed by atoms with E-state index < -0.39 is 0 Å². The van der Waals surface area contributed by atoms with Crippen molar-refractivity contribution in [3.8, 4) is 0 Å². The number of carbonyl (C=O) groups is 2. The Bertz CT molecular complexity index is 2180.